The molecule has 0 saturated carbocycles. The van der Waals surface area contributed by atoms with Crippen LogP contribution in [0.5, 0.6) is 0 Å². The minimum atomic E-state index is -0.629. The van der Waals surface area contributed by atoms with Gasteiger partial charge in [-0.05, 0) is 18.2 Å². The van der Waals surface area contributed by atoms with Gasteiger partial charge in [-0.25, -0.2) is 14.2 Å². The van der Waals surface area contributed by atoms with Gasteiger partial charge in [0.15, 0.2) is 11.6 Å². The highest BCUT2D eigenvalue weighted by molar-refractivity contribution is 5.98. The molecule has 2 aromatic carbocycles. The molecular weight excluding hydrogens is 417 g/mol. The van der Waals surface area contributed by atoms with Gasteiger partial charge in [0.1, 0.15) is 18.2 Å². The largest absolute Gasteiger partial charge is 0.442 e. The zero-order chi connectivity index (χ0) is 22.5. The van der Waals surface area contributed by atoms with Crippen LogP contribution in [0.3, 0.4) is 0 Å². The van der Waals surface area contributed by atoms with Gasteiger partial charge >= 0.3 is 6.09 Å². The van der Waals surface area contributed by atoms with Crippen LogP contribution in [-0.2, 0) is 9.53 Å². The van der Waals surface area contributed by atoms with Crippen molar-refractivity contribution in [3.05, 3.63) is 66.2 Å². The number of Topliss-reactive ketones (excluding diaryl/α,β-unsaturated/α-hetero) is 1. The van der Waals surface area contributed by atoms with Gasteiger partial charge in [-0.2, -0.15) is 5.10 Å². The average Bonchev–Trinajstić information content (AvgIpc) is 3.46. The average molecular weight is 437 g/mol. The summed E-state index contributed by atoms with van der Waals surface area (Å²) in [6, 6.07) is 13.0. The second-order valence-corrected chi connectivity index (χ2v) is 7.21. The monoisotopic (exact) mass is 437 g/mol. The molecule has 0 bridgehead atoms. The molecule has 2 heterocycles. The molecule has 0 radical (unpaired) electrons. The second kappa shape index (κ2) is 9.38. The third-order valence-electron chi connectivity index (χ3n) is 5.01. The highest BCUT2D eigenvalue weighted by atomic mass is 19.1. The maximum Gasteiger partial charge on any atom is 0.414 e. The summed E-state index contributed by atoms with van der Waals surface area (Å²) >= 11 is 0. The fourth-order valence-corrected chi connectivity index (χ4v) is 3.35. The number of cyclic esters (lactones) is 1. The number of ketones is 1. The molecule has 1 saturated heterocycles. The normalized spacial score (nSPS) is 15.5. The lowest BCUT2D eigenvalue weighted by atomic mass is 10.1. The van der Waals surface area contributed by atoms with E-state index in [9.17, 15) is 18.8 Å². The van der Waals surface area contributed by atoms with Gasteiger partial charge in [0.25, 0.3) is 0 Å². The van der Waals surface area contributed by atoms with Crippen LogP contribution < -0.4 is 10.2 Å². The van der Waals surface area contributed by atoms with Crippen LogP contribution in [0.2, 0.25) is 0 Å². The summed E-state index contributed by atoms with van der Waals surface area (Å²) in [6.45, 7) is 0.252. The number of hydrogen-bond donors (Lipinski definition) is 2. The number of H-pyrrole nitrogens is 1. The van der Waals surface area contributed by atoms with E-state index >= 15 is 0 Å². The zero-order valence-electron chi connectivity index (χ0n) is 17.0. The van der Waals surface area contributed by atoms with Gasteiger partial charge < -0.3 is 10.1 Å². The van der Waals surface area contributed by atoms with Crippen molar-refractivity contribution in [3.63, 3.8) is 0 Å². The van der Waals surface area contributed by atoms with Crippen LogP contribution in [0.1, 0.15) is 23.2 Å². The van der Waals surface area contributed by atoms with Crippen LogP contribution in [0, 0.1) is 5.82 Å². The van der Waals surface area contributed by atoms with E-state index in [4.69, 9.17) is 4.74 Å². The molecule has 9 nitrogen and oxygen atoms in total. The molecule has 1 aliphatic heterocycles. The Morgan fingerprint density at radius 2 is 2.00 bits per heavy atom. The Morgan fingerprint density at radius 3 is 2.72 bits per heavy atom. The van der Waals surface area contributed by atoms with Gasteiger partial charge in [0.05, 0.1) is 24.3 Å². The lowest BCUT2D eigenvalue weighted by Crippen LogP contribution is -2.34. The van der Waals surface area contributed by atoms with E-state index in [1.165, 1.54) is 23.4 Å². The van der Waals surface area contributed by atoms with E-state index in [1.807, 2.05) is 6.07 Å². The van der Waals surface area contributed by atoms with E-state index in [0.717, 1.165) is 0 Å². The highest BCUT2D eigenvalue weighted by Crippen LogP contribution is 2.27. The summed E-state index contributed by atoms with van der Waals surface area (Å²) < 4.78 is 19.7. The third-order valence-corrected chi connectivity index (χ3v) is 5.01. The summed E-state index contributed by atoms with van der Waals surface area (Å²) in [4.78, 5) is 41.6. The molecule has 1 aliphatic rings. The maximum absolute atomic E-state index is 14.5. The van der Waals surface area contributed by atoms with Gasteiger partial charge in [0.2, 0.25) is 5.91 Å². The molecular formula is C22H20FN5O4. The predicted octanol–water partition coefficient (Wildman–Crippen LogP) is 2.72. The number of hydrogen-bond acceptors (Lipinski definition) is 6. The van der Waals surface area contributed by atoms with Gasteiger partial charge in [-0.15, -0.1) is 0 Å². The smallest absolute Gasteiger partial charge is 0.414 e. The first-order valence-corrected chi connectivity index (χ1v) is 9.99. The van der Waals surface area contributed by atoms with Crippen molar-refractivity contribution in [2.24, 2.45) is 0 Å². The van der Waals surface area contributed by atoms with Crippen LogP contribution >= 0.6 is 0 Å². The Hall–Kier alpha value is -4.08. The van der Waals surface area contributed by atoms with Crippen molar-refractivity contribution in [2.45, 2.75) is 18.9 Å². The maximum atomic E-state index is 14.5. The number of nitrogens with one attached hydrogen (secondary N) is 2. The van der Waals surface area contributed by atoms with E-state index in [0.29, 0.717) is 11.3 Å². The molecule has 164 valence electrons. The van der Waals surface area contributed by atoms with E-state index < -0.39 is 18.0 Å². The zero-order valence-corrected chi connectivity index (χ0v) is 17.0. The van der Waals surface area contributed by atoms with Gasteiger partial charge in [-0.3, -0.25) is 19.6 Å². The number of aromatic nitrogens is 3. The van der Waals surface area contributed by atoms with Crippen LogP contribution in [0.4, 0.5) is 14.9 Å². The number of halogens is 1. The third kappa shape index (κ3) is 4.80. The number of carbonyl (C=O) groups is 3. The Bertz CT molecular complexity index is 1120. The van der Waals surface area contributed by atoms with Crippen molar-refractivity contribution in [1.82, 2.24) is 20.5 Å². The number of nitrogens with zero attached hydrogens (tertiary/aromatic N) is 3. The van der Waals surface area contributed by atoms with Gasteiger partial charge in [0, 0.05) is 18.4 Å². The van der Waals surface area contributed by atoms with E-state index in [2.05, 4.69) is 20.5 Å². The highest BCUT2D eigenvalue weighted by Gasteiger charge is 2.33. The molecule has 4 rings (SSSR count). The number of rotatable bonds is 8. The standard InChI is InChI=1S/C22H20FN5O4/c23-18-10-15(6-7-17(18)21-25-13-26-27-21)28-12-16(32-22(28)31)11-24-20(30)9-8-19(29)14-4-2-1-3-5-14/h1-7,10,13,16H,8-9,11-12H2,(H,24,30)(H,25,26,27)/t16-/m0/s1. The first-order valence-electron chi connectivity index (χ1n) is 9.99. The van der Waals surface area contributed by atoms with Crippen LogP contribution in [0.15, 0.2) is 54.9 Å². The molecule has 0 unspecified atom stereocenters. The lowest BCUT2D eigenvalue weighted by molar-refractivity contribution is -0.121. The molecule has 10 heteroatoms. The summed E-state index contributed by atoms with van der Waals surface area (Å²) in [7, 11) is 0. The second-order valence-electron chi connectivity index (χ2n) is 7.21. The van der Waals surface area contributed by atoms with E-state index in [1.54, 1.807) is 30.3 Å². The quantitative estimate of drug-likeness (QED) is 0.524. The lowest BCUT2D eigenvalue weighted by Gasteiger charge is -2.14. The van der Waals surface area contributed by atoms with Crippen molar-refractivity contribution >= 4 is 23.5 Å². The van der Waals surface area contributed by atoms with Crippen molar-refractivity contribution in [2.75, 3.05) is 18.0 Å². The molecule has 2 amide bonds. The Labute approximate surface area is 182 Å². The predicted molar refractivity (Wildman–Crippen MR) is 112 cm³/mol. The fourth-order valence-electron chi connectivity index (χ4n) is 3.35. The first-order chi connectivity index (χ1) is 15.5. The van der Waals surface area contributed by atoms with Gasteiger partial charge in [-0.1, -0.05) is 30.3 Å². The molecule has 0 aliphatic carbocycles. The fraction of sp³-hybridized carbons (Fsp3) is 0.227. The number of benzene rings is 2. The molecule has 1 atom stereocenters. The molecule has 0 spiro atoms. The summed E-state index contributed by atoms with van der Waals surface area (Å²) in [6.07, 6.45) is 0.177. The number of ether oxygens (including phenoxy) is 1. The number of carbonyl (C=O) groups excluding carboxylic acids is 3. The van der Waals surface area contributed by atoms with Crippen LogP contribution in [-0.4, -0.2) is 52.2 Å². The molecule has 1 aromatic heterocycles. The SMILES string of the molecule is O=C(CCC(=O)c1ccccc1)NC[C@H]1CN(c2ccc(-c3ncn[nH]3)c(F)c2)C(=O)O1. The first kappa shape index (κ1) is 21.2. The van der Waals surface area contributed by atoms with Crippen molar-refractivity contribution in [1.29, 1.82) is 0 Å². The molecule has 3 aromatic rings. The summed E-state index contributed by atoms with van der Waals surface area (Å²) in [5, 5.41) is 8.95. The number of anilines is 1. The minimum absolute atomic E-state index is 0.0341. The van der Waals surface area contributed by atoms with Crippen molar-refractivity contribution < 1.29 is 23.5 Å². The molecule has 32 heavy (non-hydrogen) atoms. The number of amides is 2. The topological polar surface area (TPSA) is 117 Å². The van der Waals surface area contributed by atoms with E-state index in [-0.39, 0.29) is 49.0 Å². The minimum Gasteiger partial charge on any atom is -0.442 e. The summed E-state index contributed by atoms with van der Waals surface area (Å²) in [5.41, 5.74) is 1.12. The van der Waals surface area contributed by atoms with Crippen molar-refractivity contribution in [3.8, 4) is 11.4 Å². The summed E-state index contributed by atoms with van der Waals surface area (Å²) in [5.74, 6) is -0.711. The number of aromatic amines is 1. The van der Waals surface area contributed by atoms with Crippen LogP contribution in [0.25, 0.3) is 11.4 Å². The molecule has 2 N–H and O–H groups in total. The Morgan fingerprint density at radius 1 is 1.19 bits per heavy atom. The Kier molecular flexibility index (Phi) is 6.20. The Balaban J connectivity index is 1.28. The molecule has 1 fully saturated rings.